The lowest BCUT2D eigenvalue weighted by Crippen LogP contribution is -2.50. The van der Waals surface area contributed by atoms with E-state index in [0.29, 0.717) is 0 Å². The molecule has 72 valence electrons. The largest absolute Gasteiger partial charge is 0.376 e. The van der Waals surface area contributed by atoms with Crippen LogP contribution < -0.4 is 21.3 Å². The zero-order valence-electron chi connectivity index (χ0n) is 6.46. The van der Waals surface area contributed by atoms with Crippen LogP contribution in [0.2, 0.25) is 0 Å². The molecule has 1 saturated heterocycles. The van der Waals surface area contributed by atoms with Crippen molar-refractivity contribution in [3.8, 4) is 0 Å². The minimum atomic E-state index is -1.08. The van der Waals surface area contributed by atoms with Gasteiger partial charge >= 0.3 is 12.1 Å². The zero-order valence-corrected chi connectivity index (χ0v) is 6.46. The van der Waals surface area contributed by atoms with Gasteiger partial charge in [-0.25, -0.2) is 9.59 Å². The summed E-state index contributed by atoms with van der Waals surface area (Å²) in [5.74, 6) is -0.641. The summed E-state index contributed by atoms with van der Waals surface area (Å²) in [5.41, 5.74) is 0. The molecule has 0 spiro atoms. The predicted molar refractivity (Wildman–Crippen MR) is 39.2 cm³/mol. The van der Waals surface area contributed by atoms with Crippen LogP contribution in [0.3, 0.4) is 0 Å². The molecule has 0 bridgehead atoms. The van der Waals surface area contributed by atoms with Crippen molar-refractivity contribution < 1.29 is 19.5 Å². The van der Waals surface area contributed by atoms with Crippen molar-refractivity contribution in [3.63, 3.8) is 0 Å². The Kier molecular flexibility index (Phi) is 2.65. The number of aliphatic hydroxyl groups is 1. The first-order valence-corrected chi connectivity index (χ1v) is 3.40. The maximum atomic E-state index is 10.8. The Morgan fingerprint density at radius 1 is 1.54 bits per heavy atom. The van der Waals surface area contributed by atoms with Gasteiger partial charge in [0.25, 0.3) is 5.91 Å². The van der Waals surface area contributed by atoms with E-state index >= 15 is 0 Å². The van der Waals surface area contributed by atoms with Gasteiger partial charge < -0.3 is 21.1 Å². The Bertz CT molecular complexity index is 253. The lowest BCUT2D eigenvalue weighted by molar-refractivity contribution is -0.120. The predicted octanol–water partition coefficient (Wildman–Crippen LogP) is -2.60. The Morgan fingerprint density at radius 3 is 2.69 bits per heavy atom. The van der Waals surface area contributed by atoms with E-state index in [0.717, 1.165) is 0 Å². The summed E-state index contributed by atoms with van der Waals surface area (Å²) < 4.78 is 0. The number of rotatable bonds is 2. The number of amides is 5. The standard InChI is InChI=1S/C5H8N4O4/c10-1-6-4(12)7-2-3(11)9-5(13)8-2/h2,10H,1H2,(H2,6,7,12)(H2,8,9,11,13)/t2-/m0/s1. The molecule has 13 heavy (non-hydrogen) atoms. The molecule has 1 heterocycles. The molecular weight excluding hydrogens is 180 g/mol. The Balaban J connectivity index is 2.41. The van der Waals surface area contributed by atoms with Crippen molar-refractivity contribution in [1.29, 1.82) is 0 Å². The van der Waals surface area contributed by atoms with E-state index in [4.69, 9.17) is 5.11 Å². The molecule has 0 unspecified atom stereocenters. The second-order valence-corrected chi connectivity index (χ2v) is 2.20. The summed E-state index contributed by atoms with van der Waals surface area (Å²) in [5, 5.41) is 16.4. The highest BCUT2D eigenvalue weighted by Gasteiger charge is 2.30. The molecule has 1 rings (SSSR count). The van der Waals surface area contributed by atoms with Crippen LogP contribution in [-0.4, -0.2) is 36.0 Å². The van der Waals surface area contributed by atoms with E-state index in [1.54, 1.807) is 0 Å². The fourth-order valence-electron chi connectivity index (χ4n) is 0.772. The van der Waals surface area contributed by atoms with Gasteiger partial charge in [0.1, 0.15) is 6.73 Å². The molecule has 1 atom stereocenters. The zero-order chi connectivity index (χ0) is 9.84. The third-order valence-corrected chi connectivity index (χ3v) is 1.29. The van der Waals surface area contributed by atoms with E-state index in [2.05, 4.69) is 10.6 Å². The molecule has 5 N–H and O–H groups in total. The molecule has 0 aromatic rings. The van der Waals surface area contributed by atoms with Crippen LogP contribution in [0.1, 0.15) is 0 Å². The maximum Gasteiger partial charge on any atom is 0.323 e. The van der Waals surface area contributed by atoms with Crippen LogP contribution in [0.5, 0.6) is 0 Å². The molecule has 1 aliphatic rings. The molecule has 8 heteroatoms. The number of imide groups is 1. The number of nitrogens with one attached hydrogen (secondary N) is 4. The third kappa shape index (κ3) is 2.30. The van der Waals surface area contributed by atoms with E-state index in [9.17, 15) is 14.4 Å². The maximum absolute atomic E-state index is 10.8. The normalized spacial score (nSPS) is 20.5. The summed E-state index contributed by atoms with van der Waals surface area (Å²) in [6.07, 6.45) is -1.08. The Labute approximate surface area is 72.7 Å². The fourth-order valence-corrected chi connectivity index (χ4v) is 0.772. The highest BCUT2D eigenvalue weighted by atomic mass is 16.3. The first kappa shape index (κ1) is 9.26. The minimum absolute atomic E-state index is 0.548. The Morgan fingerprint density at radius 2 is 2.23 bits per heavy atom. The van der Waals surface area contributed by atoms with E-state index in [1.807, 2.05) is 10.6 Å². The van der Waals surface area contributed by atoms with Gasteiger partial charge in [-0.15, -0.1) is 0 Å². The molecule has 0 saturated carbocycles. The number of carbonyl (C=O) groups is 3. The molecular formula is C5H8N4O4. The summed E-state index contributed by atoms with van der Waals surface area (Å²) in [4.78, 5) is 32.1. The van der Waals surface area contributed by atoms with Crippen LogP contribution in [0.15, 0.2) is 0 Å². The summed E-state index contributed by atoms with van der Waals surface area (Å²) in [6.45, 7) is -0.548. The molecule has 0 aliphatic carbocycles. The van der Waals surface area contributed by atoms with Crippen LogP contribution in [0, 0.1) is 0 Å². The van der Waals surface area contributed by atoms with Crippen LogP contribution >= 0.6 is 0 Å². The van der Waals surface area contributed by atoms with Crippen molar-refractivity contribution in [3.05, 3.63) is 0 Å². The van der Waals surface area contributed by atoms with Crippen molar-refractivity contribution in [2.45, 2.75) is 6.17 Å². The first-order chi connectivity index (χ1) is 6.13. The van der Waals surface area contributed by atoms with E-state index in [-0.39, 0.29) is 0 Å². The fraction of sp³-hybridized carbons (Fsp3) is 0.400. The van der Waals surface area contributed by atoms with Crippen molar-refractivity contribution >= 4 is 18.0 Å². The lowest BCUT2D eigenvalue weighted by atomic mass is 10.5. The highest BCUT2D eigenvalue weighted by Crippen LogP contribution is 1.87. The van der Waals surface area contributed by atoms with Crippen LogP contribution in [-0.2, 0) is 4.79 Å². The highest BCUT2D eigenvalue weighted by molar-refractivity contribution is 6.05. The van der Waals surface area contributed by atoms with Gasteiger partial charge in [-0.2, -0.15) is 0 Å². The quantitative estimate of drug-likeness (QED) is 0.241. The molecule has 8 nitrogen and oxygen atoms in total. The summed E-state index contributed by atoms with van der Waals surface area (Å²) in [6, 6.07) is -1.41. The summed E-state index contributed by atoms with van der Waals surface area (Å²) in [7, 11) is 0. The molecule has 0 radical (unpaired) electrons. The lowest BCUT2D eigenvalue weighted by Gasteiger charge is -2.09. The third-order valence-electron chi connectivity index (χ3n) is 1.29. The van der Waals surface area contributed by atoms with E-state index < -0.39 is 30.9 Å². The van der Waals surface area contributed by atoms with Crippen LogP contribution in [0.4, 0.5) is 9.59 Å². The number of hydrogen-bond donors (Lipinski definition) is 5. The Hall–Kier alpha value is -1.83. The molecule has 0 aromatic heterocycles. The van der Waals surface area contributed by atoms with Crippen molar-refractivity contribution in [2.24, 2.45) is 0 Å². The van der Waals surface area contributed by atoms with Gasteiger partial charge in [0.15, 0.2) is 6.17 Å². The minimum Gasteiger partial charge on any atom is -0.376 e. The van der Waals surface area contributed by atoms with Crippen LogP contribution in [0.25, 0.3) is 0 Å². The van der Waals surface area contributed by atoms with Gasteiger partial charge in [0, 0.05) is 0 Å². The summed E-state index contributed by atoms with van der Waals surface area (Å²) >= 11 is 0. The molecule has 1 aliphatic heterocycles. The molecule has 1 fully saturated rings. The topological polar surface area (TPSA) is 120 Å². The number of carbonyl (C=O) groups excluding carboxylic acids is 3. The van der Waals surface area contributed by atoms with Gasteiger partial charge in [-0.05, 0) is 0 Å². The second kappa shape index (κ2) is 3.72. The SMILES string of the molecule is O=C(NCO)N[C@H]1NC(=O)NC1=O. The number of urea groups is 2. The van der Waals surface area contributed by atoms with Crippen molar-refractivity contribution in [2.75, 3.05) is 6.73 Å². The smallest absolute Gasteiger partial charge is 0.323 e. The van der Waals surface area contributed by atoms with E-state index in [1.165, 1.54) is 0 Å². The number of aliphatic hydroxyl groups excluding tert-OH is 1. The van der Waals surface area contributed by atoms with Gasteiger partial charge in [-0.1, -0.05) is 0 Å². The average molecular weight is 188 g/mol. The molecule has 0 aromatic carbocycles. The first-order valence-electron chi connectivity index (χ1n) is 3.40. The number of hydrogen-bond acceptors (Lipinski definition) is 4. The van der Waals surface area contributed by atoms with Crippen molar-refractivity contribution in [1.82, 2.24) is 21.3 Å². The second-order valence-electron chi connectivity index (χ2n) is 2.20. The van der Waals surface area contributed by atoms with Gasteiger partial charge in [0.05, 0.1) is 0 Å². The monoisotopic (exact) mass is 188 g/mol. The average Bonchev–Trinajstić information content (AvgIpc) is 2.30. The van der Waals surface area contributed by atoms with Gasteiger partial charge in [-0.3, -0.25) is 10.1 Å². The molecule has 5 amide bonds. The van der Waals surface area contributed by atoms with Gasteiger partial charge in [0.2, 0.25) is 0 Å².